The van der Waals surface area contributed by atoms with Crippen molar-refractivity contribution in [1.82, 2.24) is 0 Å². The van der Waals surface area contributed by atoms with E-state index >= 15 is 0 Å². The van der Waals surface area contributed by atoms with Gasteiger partial charge >= 0.3 is 0 Å². The van der Waals surface area contributed by atoms with Gasteiger partial charge in [-0.3, -0.25) is 14.4 Å². The third-order valence-electron chi connectivity index (χ3n) is 9.87. The van der Waals surface area contributed by atoms with Crippen LogP contribution in [0.2, 0.25) is 0 Å². The Morgan fingerprint density at radius 3 is 2.00 bits per heavy atom. The van der Waals surface area contributed by atoms with Crippen molar-refractivity contribution >= 4 is 45.2 Å². The molecule has 290 valence electrons. The molecule has 0 radical (unpaired) electrons. The van der Waals surface area contributed by atoms with E-state index in [9.17, 15) is 14.4 Å². The van der Waals surface area contributed by atoms with E-state index in [1.165, 1.54) is 50.7 Å². The van der Waals surface area contributed by atoms with Gasteiger partial charge in [-0.15, -0.1) is 0 Å². The maximum absolute atomic E-state index is 11.8. The van der Waals surface area contributed by atoms with E-state index in [4.69, 9.17) is 29.9 Å². The first-order valence-electron chi connectivity index (χ1n) is 18.6. The molecule has 0 unspecified atom stereocenters. The van der Waals surface area contributed by atoms with Crippen molar-refractivity contribution in [2.75, 3.05) is 24.6 Å². The number of ketones is 2. The van der Waals surface area contributed by atoms with Gasteiger partial charge in [0.05, 0.1) is 31.4 Å². The summed E-state index contributed by atoms with van der Waals surface area (Å²) in [5, 5.41) is 11.0. The minimum absolute atomic E-state index is 0.0694. The average Bonchev–Trinajstić information content (AvgIpc) is 4.04. The molecule has 3 heterocycles. The third-order valence-corrected chi connectivity index (χ3v) is 10.6. The predicted molar refractivity (Wildman–Crippen MR) is 221 cm³/mol. The molecule has 5 aliphatic rings. The number of benzene rings is 4. The quantitative estimate of drug-likeness (QED) is 0.0669. The molecular weight excluding hydrogens is 774 g/mol. The van der Waals surface area contributed by atoms with Crippen LogP contribution >= 0.6 is 15.9 Å². The van der Waals surface area contributed by atoms with Crippen LogP contribution in [0.1, 0.15) is 113 Å². The second-order valence-electron chi connectivity index (χ2n) is 13.7. The number of carbonyl (C=O) groups excluding carboxylic acids is 3. The Morgan fingerprint density at radius 1 is 0.857 bits per heavy atom. The molecule has 3 atom stereocenters. The number of allylic oxidation sites excluding steroid dienone is 2. The lowest BCUT2D eigenvalue weighted by atomic mass is 9.76. The molecule has 4 aromatic carbocycles. The fourth-order valence-corrected chi connectivity index (χ4v) is 7.49. The molecule has 1 saturated carbocycles. The molecule has 0 spiro atoms. The van der Waals surface area contributed by atoms with E-state index in [0.717, 1.165) is 51.2 Å². The lowest BCUT2D eigenvalue weighted by Crippen LogP contribution is -2.29. The van der Waals surface area contributed by atoms with Gasteiger partial charge in [0, 0.05) is 45.4 Å². The number of rotatable bonds is 4. The van der Waals surface area contributed by atoms with Gasteiger partial charge < -0.3 is 30.0 Å². The first-order chi connectivity index (χ1) is 27.0. The van der Waals surface area contributed by atoms with Crippen molar-refractivity contribution in [3.05, 3.63) is 123 Å². The Balaban J connectivity index is 0.000000165. The lowest BCUT2D eigenvalue weighted by molar-refractivity contribution is 0.100. The topological polar surface area (TPSA) is 150 Å². The molecule has 0 saturated heterocycles. The SMILES string of the molecule is CC#N.CC(=O)c1ccc(N)cc1.CC(=O)c1ccc2c(c1)[C@@H]1C=CC[C@@H]1[C@H](c1cc3c(cc1Br)OCO3)N2.Cc1cc2c(cc1C=O)OCO2.[CH+]1CCCC1. The molecule has 0 bridgehead atoms. The summed E-state index contributed by atoms with van der Waals surface area (Å²) in [6.45, 7) is 6.97. The van der Waals surface area contributed by atoms with Gasteiger partial charge in [-0.2, -0.15) is 5.26 Å². The third kappa shape index (κ3) is 10.3. The van der Waals surface area contributed by atoms with Gasteiger partial charge in [0.2, 0.25) is 13.6 Å². The Morgan fingerprint density at radius 2 is 1.43 bits per heavy atom. The van der Waals surface area contributed by atoms with Gasteiger partial charge in [-0.1, -0.05) is 28.1 Å². The highest BCUT2D eigenvalue weighted by Gasteiger charge is 2.39. The fraction of sp³-hybridized carbons (Fsp3) is 0.311. The summed E-state index contributed by atoms with van der Waals surface area (Å²) < 4.78 is 22.3. The van der Waals surface area contributed by atoms with Crippen LogP contribution in [0.25, 0.3) is 0 Å². The van der Waals surface area contributed by atoms with E-state index in [1.807, 2.05) is 37.3 Å². The number of ether oxygens (including phenoxy) is 4. The number of hydrogen-bond donors (Lipinski definition) is 2. The molecule has 9 rings (SSSR count). The summed E-state index contributed by atoms with van der Waals surface area (Å²) in [7, 11) is 0. The number of halogens is 1. The highest BCUT2D eigenvalue weighted by Crippen LogP contribution is 2.52. The zero-order chi connectivity index (χ0) is 40.2. The number of Topliss-reactive ketones (excluding diaryl/α,β-unsaturated/α-hetero) is 2. The number of fused-ring (bicyclic) bond motifs is 5. The lowest BCUT2D eigenvalue weighted by Gasteiger charge is -2.38. The number of hydrogen-bond acceptors (Lipinski definition) is 10. The van der Waals surface area contributed by atoms with Crippen molar-refractivity contribution in [3.63, 3.8) is 0 Å². The maximum atomic E-state index is 11.8. The highest BCUT2D eigenvalue weighted by atomic mass is 79.9. The molecule has 1 fully saturated rings. The summed E-state index contributed by atoms with van der Waals surface area (Å²) in [6, 6.07) is 22.3. The number of carbonyl (C=O) groups is 3. The van der Waals surface area contributed by atoms with Crippen molar-refractivity contribution in [2.45, 2.75) is 71.8 Å². The van der Waals surface area contributed by atoms with Crippen LogP contribution in [0.3, 0.4) is 0 Å². The van der Waals surface area contributed by atoms with Crippen molar-refractivity contribution in [1.29, 1.82) is 5.26 Å². The van der Waals surface area contributed by atoms with E-state index in [0.29, 0.717) is 34.4 Å². The normalized spacial score (nSPS) is 18.1. The van der Waals surface area contributed by atoms with E-state index in [2.05, 4.69) is 45.9 Å². The maximum Gasteiger partial charge on any atom is 0.231 e. The average molecular weight is 822 g/mol. The van der Waals surface area contributed by atoms with Crippen LogP contribution in [-0.4, -0.2) is 31.4 Å². The summed E-state index contributed by atoms with van der Waals surface area (Å²) >= 11 is 3.71. The van der Waals surface area contributed by atoms with E-state index in [1.54, 1.807) is 43.3 Å². The molecule has 0 amide bonds. The molecule has 4 aromatic rings. The number of nitrogens with zero attached hydrogens (tertiary/aromatic N) is 1. The second-order valence-corrected chi connectivity index (χ2v) is 14.6. The predicted octanol–water partition coefficient (Wildman–Crippen LogP) is 10.5. The van der Waals surface area contributed by atoms with Gasteiger partial charge in [0.25, 0.3) is 0 Å². The zero-order valence-corrected chi connectivity index (χ0v) is 33.7. The van der Waals surface area contributed by atoms with Crippen LogP contribution in [0, 0.1) is 30.6 Å². The van der Waals surface area contributed by atoms with Crippen LogP contribution in [0.5, 0.6) is 23.0 Å². The number of nitrogens with one attached hydrogen (secondary N) is 1. The van der Waals surface area contributed by atoms with Gasteiger partial charge in [-0.05, 0) is 129 Å². The molecule has 10 nitrogen and oxygen atoms in total. The first-order valence-corrected chi connectivity index (χ1v) is 19.3. The van der Waals surface area contributed by atoms with Crippen LogP contribution in [0.4, 0.5) is 11.4 Å². The van der Waals surface area contributed by atoms with Crippen molar-refractivity contribution in [2.24, 2.45) is 5.92 Å². The number of nitrogen functional groups attached to an aromatic ring is 1. The Bertz CT molecular complexity index is 2100. The number of nitrogens with two attached hydrogens (primary N) is 1. The number of anilines is 2. The van der Waals surface area contributed by atoms with Gasteiger partial charge in [0.1, 0.15) is 6.29 Å². The van der Waals surface area contributed by atoms with Crippen LogP contribution < -0.4 is 30.0 Å². The molecule has 3 N–H and O–H groups in total. The van der Waals surface area contributed by atoms with Gasteiger partial charge in [0.15, 0.2) is 34.6 Å². The Kier molecular flexibility index (Phi) is 14.6. The van der Waals surface area contributed by atoms with Gasteiger partial charge in [-0.25, -0.2) is 0 Å². The first kappa shape index (κ1) is 41.4. The monoisotopic (exact) mass is 820 g/mol. The number of nitriles is 1. The van der Waals surface area contributed by atoms with Crippen molar-refractivity contribution < 1.29 is 33.3 Å². The standard InChI is InChI=1S/C21H18BrNO3.C9H8O3.C8H9NO.C5H9.C2H3N/c1-11(24)12-5-6-18-15(7-12)13-3-2-4-14(13)21(23-18)16-8-19-20(9-17(16)22)26-10-25-19;1-6-2-8-9(12-5-11-8)3-7(6)4-10;1-6(10)7-2-4-8(9)5-3-7;1-2-4-5-3-1;1-2-3/h2-3,5-9,13-14,21,23H,4,10H2,1H3;2-4H,5H2,1H3;2-5H,9H2,1H3;1H,2-5H2;1H3/q;;;+1;/t13-,14+,21-;;;;/m1..../s1. The Hall–Kier alpha value is -5.73. The Labute approximate surface area is 337 Å². The smallest absolute Gasteiger partial charge is 0.231 e. The molecule has 2 aliphatic carbocycles. The largest absolute Gasteiger partial charge is 0.454 e. The van der Waals surface area contributed by atoms with E-state index in [-0.39, 0.29) is 31.2 Å². The molecule has 11 heteroatoms. The summed E-state index contributed by atoms with van der Waals surface area (Å²) in [6.07, 6.45) is 14.4. The fourth-order valence-electron chi connectivity index (χ4n) is 6.92. The number of aldehydes is 1. The molecular formula is C45H47BrN3O7+. The van der Waals surface area contributed by atoms with Crippen molar-refractivity contribution in [3.8, 4) is 29.1 Å². The summed E-state index contributed by atoms with van der Waals surface area (Å²) in [5.41, 5.74) is 12.6. The molecule has 0 aromatic heterocycles. The zero-order valence-electron chi connectivity index (χ0n) is 32.1. The molecule has 56 heavy (non-hydrogen) atoms. The minimum Gasteiger partial charge on any atom is -0.454 e. The summed E-state index contributed by atoms with van der Waals surface area (Å²) in [5.74, 6) is 3.84. The molecule has 3 aliphatic heterocycles. The second kappa shape index (κ2) is 19.7. The minimum atomic E-state index is 0.0694. The van der Waals surface area contributed by atoms with E-state index < -0.39 is 0 Å². The van der Waals surface area contributed by atoms with Crippen LogP contribution in [0.15, 0.2) is 83.4 Å². The summed E-state index contributed by atoms with van der Waals surface area (Å²) in [4.78, 5) is 33.0. The number of aryl methyl sites for hydroxylation is 1. The van der Waals surface area contributed by atoms with Crippen LogP contribution in [-0.2, 0) is 0 Å². The highest BCUT2D eigenvalue weighted by molar-refractivity contribution is 9.10.